The van der Waals surface area contributed by atoms with Gasteiger partial charge in [0.2, 0.25) is 0 Å². The molecule has 0 aliphatic rings. The fourth-order valence-electron chi connectivity index (χ4n) is 14.4. The molecular weight excluding hydrogens is 1110 g/mol. The van der Waals surface area contributed by atoms with Gasteiger partial charge in [0.25, 0.3) is 0 Å². The van der Waals surface area contributed by atoms with E-state index in [1.165, 1.54) is 111 Å². The number of fused-ring (bicyclic) bond motifs is 6. The van der Waals surface area contributed by atoms with Crippen molar-refractivity contribution >= 4 is 43.6 Å². The zero-order chi connectivity index (χ0) is 60.9. The number of hydrogen-bond donors (Lipinski definition) is 0. The first kappa shape index (κ1) is 54.1. The lowest BCUT2D eigenvalue weighted by molar-refractivity contribution is 1.16. The second-order valence-electron chi connectivity index (χ2n) is 23.8. The largest absolute Gasteiger partial charge is 0.309 e. The van der Waals surface area contributed by atoms with E-state index in [4.69, 9.17) is 0 Å². The first-order valence-corrected chi connectivity index (χ1v) is 31.7. The number of benzene rings is 15. The Balaban J connectivity index is 0.926. The fraction of sp³-hybridized carbons (Fsp3) is 0. The van der Waals surface area contributed by atoms with Gasteiger partial charge < -0.3 is 9.13 Å². The van der Waals surface area contributed by atoms with Crippen molar-refractivity contribution in [3.8, 4) is 123 Å². The van der Waals surface area contributed by atoms with Gasteiger partial charge in [-0.3, -0.25) is 0 Å². The molecule has 0 bridgehead atoms. The molecule has 430 valence electrons. The lowest BCUT2D eigenvalue weighted by Crippen LogP contribution is -2.03. The van der Waals surface area contributed by atoms with E-state index in [9.17, 15) is 0 Å². The maximum Gasteiger partial charge on any atom is 0.0547 e. The summed E-state index contributed by atoms with van der Waals surface area (Å²) in [4.78, 5) is 0. The lowest BCUT2D eigenvalue weighted by Gasteiger charge is -2.22. The van der Waals surface area contributed by atoms with Crippen LogP contribution < -0.4 is 0 Å². The normalized spacial score (nSPS) is 11.5. The third-order valence-electron chi connectivity index (χ3n) is 18.6. The fourth-order valence-corrected chi connectivity index (χ4v) is 14.4. The molecule has 0 amide bonds. The van der Waals surface area contributed by atoms with Crippen LogP contribution in [0.4, 0.5) is 0 Å². The molecule has 0 atom stereocenters. The zero-order valence-corrected chi connectivity index (χ0v) is 50.5. The van der Waals surface area contributed by atoms with E-state index in [-0.39, 0.29) is 0 Å². The molecule has 0 aliphatic carbocycles. The van der Waals surface area contributed by atoms with E-state index in [2.05, 4.69) is 373 Å². The third-order valence-corrected chi connectivity index (χ3v) is 18.6. The SMILES string of the molecule is c1ccc(-c2ccccc2-c2ccc3c(c2)c2cc(-c4ccccc4-c4ccccc4)ccc2n3-c2ccccc2-c2c(-c3ccccc3)cccc2-n2c3ccc(-c4ccccc4-c4ccccc4)cc3c3cc(-c4ccccc4-c4ccccc4)ccc32)cc1. The van der Waals surface area contributed by atoms with Crippen molar-refractivity contribution in [3.63, 3.8) is 0 Å². The molecule has 0 radical (unpaired) electrons. The highest BCUT2D eigenvalue weighted by atomic mass is 15.0. The zero-order valence-electron chi connectivity index (χ0n) is 50.5. The maximum absolute atomic E-state index is 2.54. The summed E-state index contributed by atoms with van der Waals surface area (Å²) in [7, 11) is 0. The molecule has 0 saturated carbocycles. The van der Waals surface area contributed by atoms with Crippen molar-refractivity contribution in [2.45, 2.75) is 0 Å². The summed E-state index contributed by atoms with van der Waals surface area (Å²) in [5, 5.41) is 4.73. The highest BCUT2D eigenvalue weighted by Crippen LogP contribution is 2.48. The Morgan fingerprint density at radius 3 is 0.663 bits per heavy atom. The Morgan fingerprint density at radius 1 is 0.141 bits per heavy atom. The summed E-state index contributed by atoms with van der Waals surface area (Å²) in [6.07, 6.45) is 0. The van der Waals surface area contributed by atoms with E-state index < -0.39 is 0 Å². The van der Waals surface area contributed by atoms with E-state index in [0.717, 1.165) is 55.7 Å². The van der Waals surface area contributed by atoms with Crippen molar-refractivity contribution in [3.05, 3.63) is 364 Å². The summed E-state index contributed by atoms with van der Waals surface area (Å²) < 4.78 is 5.08. The highest BCUT2D eigenvalue weighted by molar-refractivity contribution is 6.15. The standard InChI is InChI=1S/C90H60N2/c1-6-27-61(28-7-1)70-37-16-20-41-74(70)66-49-53-85-80(57-66)81-58-67(75-42-21-17-38-71(75)62-29-8-2-9-30-62)50-54-86(81)91(85)84-47-25-24-45-79(84)90-78(65-35-14-5-15-36-65)46-26-48-89(90)92-87-55-51-68(76-43-22-18-39-72(76)63-31-10-3-11-32-63)59-82(87)83-60-69(52-56-88(83)92)77-44-23-19-40-73(77)64-33-12-4-13-34-64/h1-60H. The molecule has 2 nitrogen and oxygen atoms in total. The van der Waals surface area contributed by atoms with Crippen LogP contribution in [0.5, 0.6) is 0 Å². The first-order valence-electron chi connectivity index (χ1n) is 31.7. The minimum Gasteiger partial charge on any atom is -0.309 e. The Labute approximate surface area is 536 Å². The molecule has 0 aliphatic heterocycles. The molecule has 17 rings (SSSR count). The molecular formula is C90H60N2. The number of aromatic nitrogens is 2. The van der Waals surface area contributed by atoms with Gasteiger partial charge in [-0.15, -0.1) is 0 Å². The van der Waals surface area contributed by atoms with E-state index >= 15 is 0 Å². The van der Waals surface area contributed by atoms with Gasteiger partial charge in [-0.1, -0.05) is 303 Å². The highest BCUT2D eigenvalue weighted by Gasteiger charge is 2.25. The quantitative estimate of drug-likeness (QED) is 0.115. The predicted molar refractivity (Wildman–Crippen MR) is 389 cm³/mol. The second-order valence-corrected chi connectivity index (χ2v) is 23.8. The number of rotatable bonds is 12. The lowest BCUT2D eigenvalue weighted by atomic mass is 9.91. The molecule has 92 heavy (non-hydrogen) atoms. The molecule has 2 heteroatoms. The van der Waals surface area contributed by atoms with Gasteiger partial charge in [0, 0.05) is 32.7 Å². The summed E-state index contributed by atoms with van der Waals surface area (Å²) >= 11 is 0. The second kappa shape index (κ2) is 23.1. The van der Waals surface area contributed by atoms with E-state index in [1.807, 2.05) is 0 Å². The van der Waals surface area contributed by atoms with E-state index in [0.29, 0.717) is 0 Å². The first-order chi connectivity index (χ1) is 45.7. The van der Waals surface area contributed by atoms with Crippen molar-refractivity contribution in [1.29, 1.82) is 0 Å². The summed E-state index contributed by atoms with van der Waals surface area (Å²) in [5.41, 5.74) is 30.3. The average Bonchev–Trinajstić information content (AvgIpc) is 1.55. The predicted octanol–water partition coefficient (Wildman–Crippen LogP) is 24.6. The van der Waals surface area contributed by atoms with Crippen molar-refractivity contribution in [2.75, 3.05) is 0 Å². The van der Waals surface area contributed by atoms with Crippen LogP contribution in [0.25, 0.3) is 166 Å². The van der Waals surface area contributed by atoms with Gasteiger partial charge in [0.1, 0.15) is 0 Å². The van der Waals surface area contributed by atoms with Gasteiger partial charge in [-0.25, -0.2) is 0 Å². The van der Waals surface area contributed by atoms with Crippen LogP contribution in [-0.2, 0) is 0 Å². The van der Waals surface area contributed by atoms with Crippen LogP contribution in [0.3, 0.4) is 0 Å². The van der Waals surface area contributed by atoms with Gasteiger partial charge >= 0.3 is 0 Å². The number of para-hydroxylation sites is 1. The minimum absolute atomic E-state index is 1.09. The van der Waals surface area contributed by atoms with Crippen LogP contribution in [0.1, 0.15) is 0 Å². The summed E-state index contributed by atoms with van der Waals surface area (Å²) in [6, 6.07) is 134. The smallest absolute Gasteiger partial charge is 0.0547 e. The van der Waals surface area contributed by atoms with Gasteiger partial charge in [0.15, 0.2) is 0 Å². The number of hydrogen-bond acceptors (Lipinski definition) is 0. The van der Waals surface area contributed by atoms with Crippen LogP contribution in [-0.4, -0.2) is 9.13 Å². The van der Waals surface area contributed by atoms with Crippen LogP contribution in [0.15, 0.2) is 364 Å². The van der Waals surface area contributed by atoms with Crippen LogP contribution in [0.2, 0.25) is 0 Å². The maximum atomic E-state index is 2.54. The Morgan fingerprint density at radius 2 is 0.359 bits per heavy atom. The van der Waals surface area contributed by atoms with Gasteiger partial charge in [-0.2, -0.15) is 0 Å². The van der Waals surface area contributed by atoms with Gasteiger partial charge in [0.05, 0.1) is 33.4 Å². The molecule has 15 aromatic carbocycles. The molecule has 17 aromatic rings. The van der Waals surface area contributed by atoms with Crippen LogP contribution >= 0.6 is 0 Å². The molecule has 0 saturated heterocycles. The summed E-state index contributed by atoms with van der Waals surface area (Å²) in [6.45, 7) is 0. The minimum atomic E-state index is 1.09. The summed E-state index contributed by atoms with van der Waals surface area (Å²) in [5.74, 6) is 0. The molecule has 0 fully saturated rings. The van der Waals surface area contributed by atoms with E-state index in [1.54, 1.807) is 0 Å². The number of nitrogens with zero attached hydrogens (tertiary/aromatic N) is 2. The Kier molecular flexibility index (Phi) is 13.6. The monoisotopic (exact) mass is 1170 g/mol. The molecule has 0 N–H and O–H groups in total. The van der Waals surface area contributed by atoms with Crippen LogP contribution in [0, 0.1) is 0 Å². The third kappa shape index (κ3) is 9.44. The molecule has 0 unspecified atom stereocenters. The Bertz CT molecular complexity index is 5320. The molecule has 2 aromatic heterocycles. The Hall–Kier alpha value is -12.1. The van der Waals surface area contributed by atoms with Crippen molar-refractivity contribution < 1.29 is 0 Å². The topological polar surface area (TPSA) is 9.86 Å². The van der Waals surface area contributed by atoms with Crippen molar-refractivity contribution in [2.24, 2.45) is 0 Å². The molecule has 0 spiro atoms. The average molecular weight is 1170 g/mol. The molecule has 2 heterocycles. The van der Waals surface area contributed by atoms with Crippen molar-refractivity contribution in [1.82, 2.24) is 9.13 Å². The van der Waals surface area contributed by atoms with Gasteiger partial charge in [-0.05, 0) is 161 Å².